The maximum absolute atomic E-state index is 11.8. The Bertz CT molecular complexity index is 268. The van der Waals surface area contributed by atoms with Gasteiger partial charge in [0.1, 0.15) is 6.42 Å². The summed E-state index contributed by atoms with van der Waals surface area (Å²) in [7, 11) is 0. The van der Waals surface area contributed by atoms with E-state index in [1.807, 2.05) is 0 Å². The summed E-state index contributed by atoms with van der Waals surface area (Å²) in [5, 5.41) is 1.45. The summed E-state index contributed by atoms with van der Waals surface area (Å²) in [6.07, 6.45) is -5.40. The van der Waals surface area contributed by atoms with Crippen LogP contribution in [0.25, 0.3) is 0 Å². The van der Waals surface area contributed by atoms with E-state index in [1.165, 1.54) is 5.32 Å². The first-order valence-electron chi connectivity index (χ1n) is 2.88. The number of nitrogens with one attached hydrogen (secondary N) is 1. The van der Waals surface area contributed by atoms with Crippen molar-refractivity contribution in [1.29, 1.82) is 0 Å². The lowest BCUT2D eigenvalue weighted by molar-refractivity contribution is -0.129. The molecule has 0 spiro atoms. The fourth-order valence-corrected chi connectivity index (χ4v) is 0.640. The third-order valence-electron chi connectivity index (χ3n) is 1.07. The summed E-state index contributed by atoms with van der Waals surface area (Å²) in [5.41, 5.74) is 0. The molecular formula is C5H3F3N2O2. The minimum Gasteiger partial charge on any atom is -0.306 e. The summed E-state index contributed by atoms with van der Waals surface area (Å²) in [4.78, 5) is 23.4. The molecule has 7 heteroatoms. The van der Waals surface area contributed by atoms with Crippen LogP contribution < -0.4 is 5.32 Å². The summed E-state index contributed by atoms with van der Waals surface area (Å²) >= 11 is 0. The van der Waals surface area contributed by atoms with Gasteiger partial charge in [0.15, 0.2) is 0 Å². The van der Waals surface area contributed by atoms with Gasteiger partial charge in [0.05, 0.1) is 0 Å². The molecule has 1 aliphatic rings. The Balaban J connectivity index is 2.92. The van der Waals surface area contributed by atoms with Gasteiger partial charge in [-0.1, -0.05) is 0 Å². The van der Waals surface area contributed by atoms with Crippen molar-refractivity contribution in [3.05, 3.63) is 0 Å². The van der Waals surface area contributed by atoms with Crippen LogP contribution in [0.15, 0.2) is 4.99 Å². The Morgan fingerprint density at radius 1 is 1.33 bits per heavy atom. The number of carbonyl (C=O) groups is 2. The number of halogens is 3. The quantitative estimate of drug-likeness (QED) is 0.533. The molecule has 1 rings (SSSR count). The maximum atomic E-state index is 11.8. The second kappa shape index (κ2) is 2.58. The third-order valence-corrected chi connectivity index (χ3v) is 1.07. The van der Waals surface area contributed by atoms with E-state index in [0.29, 0.717) is 0 Å². The number of hydrogen-bond donors (Lipinski definition) is 1. The van der Waals surface area contributed by atoms with E-state index >= 15 is 0 Å². The number of alkyl halides is 3. The van der Waals surface area contributed by atoms with Gasteiger partial charge in [-0.2, -0.15) is 18.2 Å². The van der Waals surface area contributed by atoms with Crippen LogP contribution in [-0.4, -0.2) is 23.8 Å². The van der Waals surface area contributed by atoms with Gasteiger partial charge in [0.2, 0.25) is 11.7 Å². The molecule has 0 aliphatic carbocycles. The minimum atomic E-state index is -4.77. The largest absolute Gasteiger partial charge is 0.449 e. The maximum Gasteiger partial charge on any atom is 0.449 e. The molecule has 66 valence electrons. The van der Waals surface area contributed by atoms with Crippen molar-refractivity contribution >= 4 is 17.6 Å². The average molecular weight is 180 g/mol. The molecule has 0 aromatic rings. The molecule has 0 bridgehead atoms. The molecule has 0 radical (unpaired) electrons. The Morgan fingerprint density at radius 3 is 2.33 bits per heavy atom. The number of carbonyl (C=O) groups excluding carboxylic acids is 2. The van der Waals surface area contributed by atoms with Crippen LogP contribution >= 0.6 is 0 Å². The van der Waals surface area contributed by atoms with Gasteiger partial charge in [-0.05, 0) is 0 Å². The number of nitrogens with zero attached hydrogens (tertiary/aromatic N) is 1. The topological polar surface area (TPSA) is 58.5 Å². The number of amides is 2. The Kier molecular flexibility index (Phi) is 1.87. The molecule has 1 heterocycles. The molecule has 0 aromatic carbocycles. The molecule has 0 saturated carbocycles. The highest BCUT2D eigenvalue weighted by molar-refractivity contribution is 6.15. The van der Waals surface area contributed by atoms with Crippen LogP contribution in [0.1, 0.15) is 6.42 Å². The zero-order chi connectivity index (χ0) is 9.35. The Morgan fingerprint density at radius 2 is 1.92 bits per heavy atom. The van der Waals surface area contributed by atoms with Crippen molar-refractivity contribution in [3.63, 3.8) is 0 Å². The molecule has 0 atom stereocenters. The molecule has 12 heavy (non-hydrogen) atoms. The van der Waals surface area contributed by atoms with Crippen LogP contribution in [0.5, 0.6) is 0 Å². The lowest BCUT2D eigenvalue weighted by Gasteiger charge is -2.14. The highest BCUT2D eigenvalue weighted by atomic mass is 19.4. The van der Waals surface area contributed by atoms with Crippen molar-refractivity contribution in [2.45, 2.75) is 12.6 Å². The number of hydrogen-bond acceptors (Lipinski definition) is 2. The number of rotatable bonds is 0. The number of aliphatic imine (C=N–C) groups is 1. The predicted octanol–water partition coefficient (Wildman–Crippen LogP) is -0.00630. The predicted molar refractivity (Wildman–Crippen MR) is 31.3 cm³/mol. The average Bonchev–Trinajstić information content (AvgIpc) is 1.82. The first-order valence-corrected chi connectivity index (χ1v) is 2.88. The first kappa shape index (κ1) is 8.69. The van der Waals surface area contributed by atoms with Gasteiger partial charge in [-0.15, -0.1) is 0 Å². The zero-order valence-electron chi connectivity index (χ0n) is 5.60. The smallest absolute Gasteiger partial charge is 0.306 e. The highest BCUT2D eigenvalue weighted by Gasteiger charge is 2.40. The van der Waals surface area contributed by atoms with Gasteiger partial charge in [-0.25, -0.2) is 0 Å². The van der Waals surface area contributed by atoms with E-state index in [2.05, 4.69) is 4.99 Å². The van der Waals surface area contributed by atoms with Gasteiger partial charge >= 0.3 is 6.18 Å². The molecule has 4 nitrogen and oxygen atoms in total. The van der Waals surface area contributed by atoms with Crippen LogP contribution in [-0.2, 0) is 9.59 Å². The molecule has 0 aromatic heterocycles. The van der Waals surface area contributed by atoms with Gasteiger partial charge in [0.25, 0.3) is 5.91 Å². The van der Waals surface area contributed by atoms with Crippen molar-refractivity contribution in [2.24, 2.45) is 4.99 Å². The van der Waals surface area contributed by atoms with Crippen LogP contribution in [0.3, 0.4) is 0 Å². The van der Waals surface area contributed by atoms with Crippen molar-refractivity contribution < 1.29 is 22.8 Å². The fraction of sp³-hybridized carbons (Fsp3) is 0.400. The summed E-state index contributed by atoms with van der Waals surface area (Å²) in [6.45, 7) is 0. The SMILES string of the molecule is O=C1CC(=O)NC(C(F)(F)F)=N1. The van der Waals surface area contributed by atoms with E-state index in [1.54, 1.807) is 0 Å². The van der Waals surface area contributed by atoms with E-state index in [-0.39, 0.29) is 0 Å². The molecule has 0 fully saturated rings. The minimum absolute atomic E-state index is 0.625. The molecular weight excluding hydrogens is 177 g/mol. The lowest BCUT2D eigenvalue weighted by Crippen LogP contribution is -2.45. The van der Waals surface area contributed by atoms with Crippen molar-refractivity contribution in [3.8, 4) is 0 Å². The lowest BCUT2D eigenvalue weighted by atomic mass is 10.3. The first-order chi connectivity index (χ1) is 5.39. The van der Waals surface area contributed by atoms with Crippen LogP contribution in [0.2, 0.25) is 0 Å². The molecule has 2 amide bonds. The Labute approximate surface area is 64.5 Å². The monoisotopic (exact) mass is 180 g/mol. The molecule has 1 N–H and O–H groups in total. The fourth-order valence-electron chi connectivity index (χ4n) is 0.640. The standard InChI is InChI=1S/C5H3F3N2O2/c6-5(7,8)4-9-2(11)1-3(12)10-4/h1H2,(H,9,10,11,12). The normalized spacial score (nSPS) is 18.8. The van der Waals surface area contributed by atoms with Crippen molar-refractivity contribution in [1.82, 2.24) is 5.32 Å². The van der Waals surface area contributed by atoms with Gasteiger partial charge < -0.3 is 5.32 Å². The van der Waals surface area contributed by atoms with E-state index < -0.39 is 30.2 Å². The van der Waals surface area contributed by atoms with Crippen LogP contribution in [0, 0.1) is 0 Å². The van der Waals surface area contributed by atoms with Crippen molar-refractivity contribution in [2.75, 3.05) is 0 Å². The zero-order valence-corrected chi connectivity index (χ0v) is 5.60. The Hall–Kier alpha value is -1.40. The van der Waals surface area contributed by atoms with Gasteiger partial charge in [0, 0.05) is 0 Å². The third kappa shape index (κ3) is 1.80. The van der Waals surface area contributed by atoms with E-state index in [0.717, 1.165) is 0 Å². The number of amidine groups is 1. The molecule has 0 saturated heterocycles. The summed E-state index contributed by atoms with van der Waals surface area (Å²) in [6, 6.07) is 0. The highest BCUT2D eigenvalue weighted by Crippen LogP contribution is 2.17. The molecule has 1 aliphatic heterocycles. The summed E-state index contributed by atoms with van der Waals surface area (Å²) in [5.74, 6) is -3.60. The van der Waals surface area contributed by atoms with E-state index in [4.69, 9.17) is 0 Å². The molecule has 0 unspecified atom stereocenters. The van der Waals surface area contributed by atoms with Gasteiger partial charge in [-0.3, -0.25) is 9.59 Å². The second-order valence-electron chi connectivity index (χ2n) is 2.08. The summed E-state index contributed by atoms with van der Waals surface area (Å²) < 4.78 is 35.4. The van der Waals surface area contributed by atoms with E-state index in [9.17, 15) is 22.8 Å². The van der Waals surface area contributed by atoms with Crippen LogP contribution in [0.4, 0.5) is 13.2 Å². The second-order valence-corrected chi connectivity index (χ2v) is 2.08.